The van der Waals surface area contributed by atoms with Gasteiger partial charge in [-0.05, 0) is 6.07 Å². The van der Waals surface area contributed by atoms with Crippen LogP contribution in [0.1, 0.15) is 11.7 Å². The van der Waals surface area contributed by atoms with E-state index >= 15 is 0 Å². The van der Waals surface area contributed by atoms with Gasteiger partial charge in [-0.25, -0.2) is 0 Å². The summed E-state index contributed by atoms with van der Waals surface area (Å²) in [6.45, 7) is 0. The Labute approximate surface area is 88.8 Å². The first kappa shape index (κ1) is 11.5. The van der Waals surface area contributed by atoms with Gasteiger partial charge >= 0.3 is 0 Å². The van der Waals surface area contributed by atoms with Crippen molar-refractivity contribution < 1.29 is 19.0 Å². The zero-order chi connectivity index (χ0) is 11.3. The van der Waals surface area contributed by atoms with Crippen molar-refractivity contribution in [3.05, 3.63) is 23.8 Å². The molecule has 0 spiro atoms. The largest absolute Gasteiger partial charge is 0.493 e. The molecule has 0 fully saturated rings. The van der Waals surface area contributed by atoms with Crippen molar-refractivity contribution in [2.45, 2.75) is 6.10 Å². The van der Waals surface area contributed by atoms with E-state index in [1.807, 2.05) is 0 Å². The number of carbonyl (C=O) groups excluding carboxylic acids is 1. The molecule has 4 heteroatoms. The Balaban J connectivity index is 3.21. The van der Waals surface area contributed by atoms with Gasteiger partial charge in [-0.1, -0.05) is 12.1 Å². The van der Waals surface area contributed by atoms with Crippen LogP contribution in [0.2, 0.25) is 0 Å². The van der Waals surface area contributed by atoms with Gasteiger partial charge in [-0.3, -0.25) is 0 Å². The molecule has 0 radical (unpaired) electrons. The van der Waals surface area contributed by atoms with Crippen LogP contribution >= 0.6 is 0 Å². The molecule has 0 N–H and O–H groups in total. The maximum absolute atomic E-state index is 10.8. The highest BCUT2D eigenvalue weighted by Crippen LogP contribution is 2.34. The Morgan fingerprint density at radius 3 is 2.40 bits per heavy atom. The van der Waals surface area contributed by atoms with Gasteiger partial charge in [-0.2, -0.15) is 0 Å². The molecule has 1 rings (SSSR count). The highest BCUT2D eigenvalue weighted by Gasteiger charge is 2.17. The Bertz CT molecular complexity index is 335. The van der Waals surface area contributed by atoms with Crippen LogP contribution in [0.15, 0.2) is 18.2 Å². The van der Waals surface area contributed by atoms with Crippen LogP contribution < -0.4 is 9.47 Å². The number of rotatable bonds is 5. The molecular formula is C11H14O4. The van der Waals surface area contributed by atoms with Crippen molar-refractivity contribution >= 4 is 6.29 Å². The summed E-state index contributed by atoms with van der Waals surface area (Å²) < 4.78 is 15.3. The van der Waals surface area contributed by atoms with Crippen LogP contribution in [0, 0.1) is 0 Å². The molecule has 0 aliphatic heterocycles. The van der Waals surface area contributed by atoms with Gasteiger partial charge in [0.15, 0.2) is 17.8 Å². The van der Waals surface area contributed by atoms with Gasteiger partial charge in [0.1, 0.15) is 6.10 Å². The molecule has 4 nitrogen and oxygen atoms in total. The van der Waals surface area contributed by atoms with Crippen LogP contribution in [0.4, 0.5) is 0 Å². The average Bonchev–Trinajstić information content (AvgIpc) is 2.30. The molecule has 1 aromatic rings. The SMILES string of the molecule is COc1cccc(C(C=O)OC)c1OC. The molecule has 0 bridgehead atoms. The predicted octanol–water partition coefficient (Wildman–Crippen LogP) is 1.59. The predicted molar refractivity (Wildman–Crippen MR) is 55.4 cm³/mol. The summed E-state index contributed by atoms with van der Waals surface area (Å²) in [6, 6.07) is 5.32. The molecule has 0 heterocycles. The van der Waals surface area contributed by atoms with Crippen molar-refractivity contribution in [2.24, 2.45) is 0 Å². The summed E-state index contributed by atoms with van der Waals surface area (Å²) in [4.78, 5) is 10.8. The van der Waals surface area contributed by atoms with Crippen molar-refractivity contribution in [3.63, 3.8) is 0 Å². The second kappa shape index (κ2) is 5.36. The van der Waals surface area contributed by atoms with E-state index in [2.05, 4.69) is 0 Å². The Morgan fingerprint density at radius 1 is 1.20 bits per heavy atom. The molecule has 1 unspecified atom stereocenters. The monoisotopic (exact) mass is 210 g/mol. The number of hydrogen-bond acceptors (Lipinski definition) is 4. The first-order chi connectivity index (χ1) is 7.28. The van der Waals surface area contributed by atoms with Crippen LogP contribution in [0.3, 0.4) is 0 Å². The Morgan fingerprint density at radius 2 is 1.93 bits per heavy atom. The standard InChI is InChI=1S/C11H14O4/c1-13-9-6-4-5-8(11(9)15-3)10(7-12)14-2/h4-7,10H,1-3H3. The summed E-state index contributed by atoms with van der Waals surface area (Å²) >= 11 is 0. The molecule has 0 aliphatic rings. The van der Waals surface area contributed by atoms with E-state index in [0.29, 0.717) is 17.1 Å². The average molecular weight is 210 g/mol. The lowest BCUT2D eigenvalue weighted by Crippen LogP contribution is -2.05. The maximum Gasteiger partial charge on any atom is 0.166 e. The molecule has 1 aromatic carbocycles. The fraction of sp³-hybridized carbons (Fsp3) is 0.364. The lowest BCUT2D eigenvalue weighted by molar-refractivity contribution is -0.116. The van der Waals surface area contributed by atoms with Gasteiger partial charge in [0.2, 0.25) is 0 Å². The number of aldehydes is 1. The molecule has 0 aromatic heterocycles. The summed E-state index contributed by atoms with van der Waals surface area (Å²) in [7, 11) is 4.54. The number of hydrogen-bond donors (Lipinski definition) is 0. The van der Waals surface area contributed by atoms with Gasteiger partial charge in [0.25, 0.3) is 0 Å². The Kier molecular flexibility index (Phi) is 4.12. The fourth-order valence-corrected chi connectivity index (χ4v) is 1.39. The third kappa shape index (κ3) is 2.27. The first-order valence-electron chi connectivity index (χ1n) is 4.47. The lowest BCUT2D eigenvalue weighted by atomic mass is 10.1. The summed E-state index contributed by atoms with van der Waals surface area (Å²) in [5.41, 5.74) is 0.661. The van der Waals surface area contributed by atoms with Gasteiger partial charge in [-0.15, -0.1) is 0 Å². The second-order valence-corrected chi connectivity index (χ2v) is 2.88. The molecular weight excluding hydrogens is 196 g/mol. The minimum Gasteiger partial charge on any atom is -0.493 e. The third-order valence-electron chi connectivity index (χ3n) is 2.12. The van der Waals surface area contributed by atoms with E-state index in [-0.39, 0.29) is 0 Å². The fourth-order valence-electron chi connectivity index (χ4n) is 1.39. The summed E-state index contributed by atoms with van der Waals surface area (Å²) in [5, 5.41) is 0. The number of para-hydroxylation sites is 1. The van der Waals surface area contributed by atoms with E-state index in [1.54, 1.807) is 25.3 Å². The van der Waals surface area contributed by atoms with Crippen LogP contribution in [0.25, 0.3) is 0 Å². The molecule has 0 amide bonds. The molecule has 1 atom stereocenters. The molecule has 82 valence electrons. The lowest BCUT2D eigenvalue weighted by Gasteiger charge is -2.15. The summed E-state index contributed by atoms with van der Waals surface area (Å²) in [6.07, 6.45) is 0.0900. The number of carbonyl (C=O) groups is 1. The molecule has 0 saturated carbocycles. The first-order valence-corrected chi connectivity index (χ1v) is 4.47. The minimum atomic E-state index is -0.630. The normalized spacial score (nSPS) is 11.9. The molecule has 15 heavy (non-hydrogen) atoms. The van der Waals surface area contributed by atoms with Gasteiger partial charge in [0, 0.05) is 12.7 Å². The van der Waals surface area contributed by atoms with Gasteiger partial charge < -0.3 is 19.0 Å². The van der Waals surface area contributed by atoms with Crippen LogP contribution in [0.5, 0.6) is 11.5 Å². The van der Waals surface area contributed by atoms with E-state index < -0.39 is 6.10 Å². The smallest absolute Gasteiger partial charge is 0.166 e. The highest BCUT2D eigenvalue weighted by molar-refractivity contribution is 5.64. The van der Waals surface area contributed by atoms with Crippen LogP contribution in [-0.4, -0.2) is 27.6 Å². The molecule has 0 saturated heterocycles. The molecule has 0 aliphatic carbocycles. The third-order valence-corrected chi connectivity index (χ3v) is 2.12. The van der Waals surface area contributed by atoms with E-state index in [1.165, 1.54) is 14.2 Å². The van der Waals surface area contributed by atoms with Crippen molar-refractivity contribution in [3.8, 4) is 11.5 Å². The topological polar surface area (TPSA) is 44.8 Å². The van der Waals surface area contributed by atoms with E-state index in [0.717, 1.165) is 6.29 Å². The van der Waals surface area contributed by atoms with E-state index in [4.69, 9.17) is 14.2 Å². The second-order valence-electron chi connectivity index (χ2n) is 2.88. The van der Waals surface area contributed by atoms with Crippen LogP contribution in [-0.2, 0) is 9.53 Å². The van der Waals surface area contributed by atoms with Crippen molar-refractivity contribution in [1.82, 2.24) is 0 Å². The van der Waals surface area contributed by atoms with Gasteiger partial charge in [0.05, 0.1) is 14.2 Å². The van der Waals surface area contributed by atoms with Crippen molar-refractivity contribution in [2.75, 3.05) is 21.3 Å². The van der Waals surface area contributed by atoms with E-state index in [9.17, 15) is 4.79 Å². The zero-order valence-electron chi connectivity index (χ0n) is 9.02. The minimum absolute atomic E-state index is 0.527. The van der Waals surface area contributed by atoms with Crippen molar-refractivity contribution in [1.29, 1.82) is 0 Å². The number of benzene rings is 1. The maximum atomic E-state index is 10.8. The zero-order valence-corrected chi connectivity index (χ0v) is 9.02. The summed E-state index contributed by atoms with van der Waals surface area (Å²) in [5.74, 6) is 1.11. The number of ether oxygens (including phenoxy) is 3. The Hall–Kier alpha value is -1.55. The number of methoxy groups -OCH3 is 3. The quantitative estimate of drug-likeness (QED) is 0.692. The highest BCUT2D eigenvalue weighted by atomic mass is 16.5.